The lowest BCUT2D eigenvalue weighted by atomic mass is 10.1. The number of hydrogen-bond donors (Lipinski definition) is 3. The first-order chi connectivity index (χ1) is 13.1. The molecule has 10 heteroatoms. The van der Waals surface area contributed by atoms with E-state index < -0.39 is 37.3 Å². The first-order valence-corrected chi connectivity index (χ1v) is 9.32. The van der Waals surface area contributed by atoms with Gasteiger partial charge in [-0.05, 0) is 24.6 Å². The summed E-state index contributed by atoms with van der Waals surface area (Å²) in [5, 5.41) is 24.2. The fourth-order valence-electron chi connectivity index (χ4n) is 2.82. The molecule has 3 aromatic rings. The fourth-order valence-corrected chi connectivity index (χ4v) is 3.44. The van der Waals surface area contributed by atoms with Gasteiger partial charge in [-0.15, -0.1) is 0 Å². The standard InChI is InChI=1S/C18H14N2O7S/c1-10-6-7-15(20(23)24)13(8-10)18(22)19-14-9-16(28(25,26)27)17(21)12-5-3-2-4-11(12)14/h2-9,21H,1H3,(H,19,22)(H,25,26,27). The summed E-state index contributed by atoms with van der Waals surface area (Å²) in [6.45, 7) is 1.66. The van der Waals surface area contributed by atoms with E-state index >= 15 is 0 Å². The van der Waals surface area contributed by atoms with Gasteiger partial charge >= 0.3 is 0 Å². The number of aromatic hydroxyl groups is 1. The summed E-state index contributed by atoms with van der Waals surface area (Å²) in [5.74, 6) is -1.51. The zero-order valence-electron chi connectivity index (χ0n) is 14.4. The van der Waals surface area contributed by atoms with Crippen LogP contribution in [-0.2, 0) is 10.1 Å². The molecule has 28 heavy (non-hydrogen) atoms. The maximum Gasteiger partial charge on any atom is 0.298 e. The number of nitrogens with one attached hydrogen (secondary N) is 1. The van der Waals surface area contributed by atoms with Crippen molar-refractivity contribution in [3.05, 3.63) is 69.8 Å². The molecule has 9 nitrogen and oxygen atoms in total. The average Bonchev–Trinajstić information content (AvgIpc) is 2.62. The SMILES string of the molecule is Cc1ccc([N+](=O)[O-])c(C(=O)Nc2cc(S(=O)(=O)O)c(O)c3ccccc23)c1. The molecule has 0 heterocycles. The second-order valence-corrected chi connectivity index (χ2v) is 7.41. The zero-order valence-corrected chi connectivity index (χ0v) is 15.2. The molecular formula is C18H14N2O7S. The Balaban J connectivity index is 2.18. The van der Waals surface area contributed by atoms with Crippen molar-refractivity contribution < 1.29 is 27.8 Å². The van der Waals surface area contributed by atoms with Gasteiger partial charge in [0.25, 0.3) is 21.7 Å². The molecular weight excluding hydrogens is 388 g/mol. The predicted molar refractivity (Wildman–Crippen MR) is 101 cm³/mol. The summed E-state index contributed by atoms with van der Waals surface area (Å²) in [5.41, 5.74) is -0.0523. The molecule has 0 saturated heterocycles. The number of anilines is 1. The molecule has 0 aliphatic rings. The van der Waals surface area contributed by atoms with Gasteiger partial charge in [0.2, 0.25) is 0 Å². The maximum atomic E-state index is 12.7. The Hall–Kier alpha value is -3.50. The summed E-state index contributed by atoms with van der Waals surface area (Å²) in [4.78, 5) is 22.4. The maximum absolute atomic E-state index is 12.7. The van der Waals surface area contributed by atoms with Crippen LogP contribution in [0, 0.1) is 17.0 Å². The number of carbonyl (C=O) groups is 1. The Labute approximate surface area is 159 Å². The minimum Gasteiger partial charge on any atom is -0.506 e. The van der Waals surface area contributed by atoms with Gasteiger partial charge in [-0.3, -0.25) is 19.5 Å². The summed E-state index contributed by atoms with van der Waals surface area (Å²) in [6, 6.07) is 11.0. The number of rotatable bonds is 4. The van der Waals surface area contributed by atoms with E-state index in [2.05, 4.69) is 5.32 Å². The number of nitro groups is 1. The molecule has 0 unspecified atom stereocenters. The number of nitro benzene ring substituents is 1. The van der Waals surface area contributed by atoms with Gasteiger partial charge in [0.1, 0.15) is 16.2 Å². The van der Waals surface area contributed by atoms with Gasteiger partial charge < -0.3 is 10.4 Å². The Morgan fingerprint density at radius 2 is 1.75 bits per heavy atom. The average molecular weight is 402 g/mol. The Morgan fingerprint density at radius 1 is 1.11 bits per heavy atom. The van der Waals surface area contributed by atoms with Gasteiger partial charge in [0.15, 0.2) is 0 Å². The quantitative estimate of drug-likeness (QED) is 0.263. The third-order valence-corrected chi connectivity index (χ3v) is 4.97. The van der Waals surface area contributed by atoms with E-state index in [1.54, 1.807) is 13.0 Å². The monoisotopic (exact) mass is 402 g/mol. The second-order valence-electron chi connectivity index (χ2n) is 6.02. The molecule has 0 aliphatic heterocycles. The van der Waals surface area contributed by atoms with Crippen LogP contribution in [0.5, 0.6) is 5.75 Å². The number of hydrogen-bond acceptors (Lipinski definition) is 6. The second kappa shape index (κ2) is 6.91. The third kappa shape index (κ3) is 3.50. The van der Waals surface area contributed by atoms with Gasteiger partial charge in [-0.2, -0.15) is 8.42 Å². The van der Waals surface area contributed by atoms with Crippen molar-refractivity contribution in [3.63, 3.8) is 0 Å². The largest absolute Gasteiger partial charge is 0.506 e. The number of carbonyl (C=O) groups excluding carboxylic acids is 1. The van der Waals surface area contributed by atoms with Crippen LogP contribution in [0.1, 0.15) is 15.9 Å². The van der Waals surface area contributed by atoms with E-state index in [1.807, 2.05) is 0 Å². The molecule has 0 atom stereocenters. The highest BCUT2D eigenvalue weighted by atomic mass is 32.2. The van der Waals surface area contributed by atoms with Crippen molar-refractivity contribution in [3.8, 4) is 5.75 Å². The van der Waals surface area contributed by atoms with Crippen LogP contribution in [0.4, 0.5) is 11.4 Å². The van der Waals surface area contributed by atoms with E-state index in [-0.39, 0.29) is 22.0 Å². The van der Waals surface area contributed by atoms with E-state index in [1.165, 1.54) is 36.4 Å². The van der Waals surface area contributed by atoms with Crippen LogP contribution < -0.4 is 5.32 Å². The van der Waals surface area contributed by atoms with Crippen LogP contribution in [0.25, 0.3) is 10.8 Å². The van der Waals surface area contributed by atoms with Crippen molar-refractivity contribution in [2.75, 3.05) is 5.32 Å². The summed E-state index contributed by atoms with van der Waals surface area (Å²) < 4.78 is 32.5. The van der Waals surface area contributed by atoms with Gasteiger partial charge in [0.05, 0.1) is 10.6 Å². The highest BCUT2D eigenvalue weighted by Crippen LogP contribution is 2.37. The molecule has 0 fully saturated rings. The van der Waals surface area contributed by atoms with E-state index in [0.717, 1.165) is 6.07 Å². The molecule has 0 aromatic heterocycles. The van der Waals surface area contributed by atoms with Gasteiger partial charge in [-0.25, -0.2) is 0 Å². The molecule has 0 spiro atoms. The number of aryl methyl sites for hydroxylation is 1. The Kier molecular flexibility index (Phi) is 4.75. The lowest BCUT2D eigenvalue weighted by molar-refractivity contribution is -0.385. The molecule has 3 rings (SSSR count). The summed E-state index contributed by atoms with van der Waals surface area (Å²) in [7, 11) is -4.79. The number of amides is 1. The number of nitrogens with zero attached hydrogens (tertiary/aromatic N) is 1. The molecule has 144 valence electrons. The molecule has 0 bridgehead atoms. The predicted octanol–water partition coefficient (Wildman–Crippen LogP) is 3.26. The molecule has 0 radical (unpaired) electrons. The first kappa shape index (κ1) is 19.3. The van der Waals surface area contributed by atoms with Gasteiger partial charge in [0, 0.05) is 16.8 Å². The minimum absolute atomic E-state index is 0.0400. The zero-order chi connectivity index (χ0) is 20.6. The number of fused-ring (bicyclic) bond motifs is 1. The summed E-state index contributed by atoms with van der Waals surface area (Å²) >= 11 is 0. The number of phenolic OH excluding ortho intramolecular Hbond substituents is 1. The Bertz CT molecular complexity index is 1240. The van der Waals surface area contributed by atoms with Crippen LogP contribution >= 0.6 is 0 Å². The fraction of sp³-hybridized carbons (Fsp3) is 0.0556. The highest BCUT2D eigenvalue weighted by molar-refractivity contribution is 7.86. The highest BCUT2D eigenvalue weighted by Gasteiger charge is 2.24. The Morgan fingerprint density at radius 3 is 2.36 bits per heavy atom. The van der Waals surface area contributed by atoms with E-state index in [4.69, 9.17) is 0 Å². The van der Waals surface area contributed by atoms with Crippen LogP contribution in [0.3, 0.4) is 0 Å². The molecule has 0 saturated carbocycles. The summed E-state index contributed by atoms with van der Waals surface area (Å²) in [6.07, 6.45) is 0. The van der Waals surface area contributed by atoms with Gasteiger partial charge in [-0.1, -0.05) is 30.3 Å². The number of phenols is 1. The third-order valence-electron chi connectivity index (χ3n) is 4.10. The van der Waals surface area contributed by atoms with Crippen LogP contribution in [-0.4, -0.2) is 28.9 Å². The van der Waals surface area contributed by atoms with E-state index in [9.17, 15) is 33.0 Å². The van der Waals surface area contributed by atoms with Crippen molar-refractivity contribution in [1.82, 2.24) is 0 Å². The van der Waals surface area contributed by atoms with E-state index in [0.29, 0.717) is 5.56 Å². The lowest BCUT2D eigenvalue weighted by Gasteiger charge is -2.13. The van der Waals surface area contributed by atoms with Crippen LogP contribution in [0.15, 0.2) is 53.4 Å². The molecule has 1 amide bonds. The first-order valence-electron chi connectivity index (χ1n) is 7.88. The lowest BCUT2D eigenvalue weighted by Crippen LogP contribution is -2.15. The van der Waals surface area contributed by atoms with Crippen LogP contribution in [0.2, 0.25) is 0 Å². The molecule has 3 N–H and O–H groups in total. The van der Waals surface area contributed by atoms with Crippen molar-refractivity contribution >= 4 is 38.2 Å². The molecule has 0 aliphatic carbocycles. The molecule has 3 aromatic carbocycles. The van der Waals surface area contributed by atoms with Crippen molar-refractivity contribution in [2.24, 2.45) is 0 Å². The van der Waals surface area contributed by atoms with Crippen molar-refractivity contribution in [1.29, 1.82) is 0 Å². The number of benzene rings is 3. The smallest absolute Gasteiger partial charge is 0.298 e. The topological polar surface area (TPSA) is 147 Å². The van der Waals surface area contributed by atoms with Crippen molar-refractivity contribution in [2.45, 2.75) is 11.8 Å². The normalized spacial score (nSPS) is 11.4. The minimum atomic E-state index is -4.79.